The maximum atomic E-state index is 11.6. The summed E-state index contributed by atoms with van der Waals surface area (Å²) in [4.78, 5) is 19.2. The second-order valence-corrected chi connectivity index (χ2v) is 3.67. The fraction of sp³-hybridized carbons (Fsp3) is 0.556. The Hall–Kier alpha value is -1.64. The van der Waals surface area contributed by atoms with E-state index >= 15 is 0 Å². The molecular formula is C9H12N4O4. The maximum absolute atomic E-state index is 11.6. The Kier molecular flexibility index (Phi) is 3.57. The van der Waals surface area contributed by atoms with Crippen LogP contribution in [-0.4, -0.2) is 27.5 Å². The molecule has 2 heterocycles. The van der Waals surface area contributed by atoms with Crippen LogP contribution in [0.4, 0.5) is 5.82 Å². The highest BCUT2D eigenvalue weighted by atomic mass is 17.1. The van der Waals surface area contributed by atoms with Gasteiger partial charge in [-0.25, -0.2) is 15.2 Å². The molecule has 1 unspecified atom stereocenters. The Labute approximate surface area is 96.2 Å². The number of aromatic nitrogens is 2. The summed E-state index contributed by atoms with van der Waals surface area (Å²) in [5.74, 6) is 0.0690. The van der Waals surface area contributed by atoms with E-state index in [2.05, 4.69) is 15.0 Å². The minimum atomic E-state index is -0.505. The van der Waals surface area contributed by atoms with Gasteiger partial charge in [0.25, 0.3) is 0 Å². The molecule has 8 nitrogen and oxygen atoms in total. The van der Waals surface area contributed by atoms with Gasteiger partial charge in [0.1, 0.15) is 12.8 Å². The van der Waals surface area contributed by atoms with E-state index in [1.165, 1.54) is 16.8 Å². The van der Waals surface area contributed by atoms with Gasteiger partial charge in [-0.15, -0.1) is 5.11 Å². The molecule has 1 aliphatic heterocycles. The van der Waals surface area contributed by atoms with E-state index in [9.17, 15) is 4.79 Å². The van der Waals surface area contributed by atoms with Gasteiger partial charge in [-0.05, 0) is 12.8 Å². The van der Waals surface area contributed by atoms with Crippen LogP contribution in [0.1, 0.15) is 19.1 Å². The summed E-state index contributed by atoms with van der Waals surface area (Å²) in [7, 11) is 0. The molecule has 1 aliphatic rings. The number of ether oxygens (including phenoxy) is 1. The zero-order valence-corrected chi connectivity index (χ0v) is 8.94. The van der Waals surface area contributed by atoms with E-state index in [0.29, 0.717) is 12.8 Å². The van der Waals surface area contributed by atoms with Gasteiger partial charge < -0.3 is 4.74 Å². The summed E-state index contributed by atoms with van der Waals surface area (Å²) in [5, 5.41) is 11.4. The molecule has 1 saturated heterocycles. The minimum Gasteiger partial charge on any atom is -0.352 e. The van der Waals surface area contributed by atoms with Crippen molar-refractivity contribution in [2.45, 2.75) is 25.2 Å². The highest BCUT2D eigenvalue weighted by molar-refractivity contribution is 5.21. The Morgan fingerprint density at radius 1 is 1.71 bits per heavy atom. The lowest BCUT2D eigenvalue weighted by Gasteiger charge is -2.14. The molecule has 17 heavy (non-hydrogen) atoms. The Morgan fingerprint density at radius 2 is 2.53 bits per heavy atom. The van der Waals surface area contributed by atoms with Crippen molar-refractivity contribution in [2.75, 3.05) is 6.61 Å². The molecule has 1 aromatic rings. The van der Waals surface area contributed by atoms with Crippen molar-refractivity contribution < 1.29 is 14.9 Å². The number of nitrogens with zero attached hydrogens (tertiary/aromatic N) is 3. The minimum absolute atomic E-state index is 0.0690. The van der Waals surface area contributed by atoms with Crippen molar-refractivity contribution in [1.29, 1.82) is 5.53 Å². The largest absolute Gasteiger partial charge is 0.352 e. The maximum Gasteiger partial charge on any atom is 0.351 e. The summed E-state index contributed by atoms with van der Waals surface area (Å²) in [5.41, 5.74) is 6.24. The lowest BCUT2D eigenvalue weighted by Crippen LogP contribution is -2.27. The highest BCUT2D eigenvalue weighted by Gasteiger charge is 2.27. The second kappa shape index (κ2) is 5.13. The molecule has 0 aromatic carbocycles. The SMILES string of the molecule is N=Nc1ccn(C2CC[C@@H](COO)O2)c(=O)n1. The molecule has 0 radical (unpaired) electrons. The molecular weight excluding hydrogens is 228 g/mol. The Morgan fingerprint density at radius 3 is 3.18 bits per heavy atom. The third-order valence-electron chi connectivity index (χ3n) is 2.59. The van der Waals surface area contributed by atoms with Crippen molar-refractivity contribution in [3.63, 3.8) is 0 Å². The van der Waals surface area contributed by atoms with E-state index < -0.39 is 11.9 Å². The first-order valence-electron chi connectivity index (χ1n) is 5.13. The fourth-order valence-corrected chi connectivity index (χ4v) is 1.78. The third-order valence-corrected chi connectivity index (χ3v) is 2.59. The van der Waals surface area contributed by atoms with Crippen LogP contribution in [-0.2, 0) is 9.62 Å². The first-order valence-corrected chi connectivity index (χ1v) is 5.13. The first kappa shape index (κ1) is 11.8. The van der Waals surface area contributed by atoms with Crippen LogP contribution in [0.2, 0.25) is 0 Å². The standard InChI is InChI=1S/C9H12N4O4/c10-12-7-3-4-13(9(14)11-7)8-2-1-6(17-8)5-16-15/h3-4,6,8,10,15H,1-2,5H2/t6-,8?/m0/s1. The van der Waals surface area contributed by atoms with Crippen LogP contribution in [0.3, 0.4) is 0 Å². The van der Waals surface area contributed by atoms with Crippen LogP contribution in [0, 0.1) is 5.53 Å². The molecule has 0 aliphatic carbocycles. The van der Waals surface area contributed by atoms with E-state index in [-0.39, 0.29) is 18.5 Å². The van der Waals surface area contributed by atoms with Crippen molar-refractivity contribution in [3.8, 4) is 0 Å². The lowest BCUT2D eigenvalue weighted by molar-refractivity contribution is -0.260. The fourth-order valence-electron chi connectivity index (χ4n) is 1.78. The smallest absolute Gasteiger partial charge is 0.351 e. The molecule has 1 fully saturated rings. The topological polar surface area (TPSA) is 110 Å². The predicted octanol–water partition coefficient (Wildman–Crippen LogP) is 1.07. The molecule has 0 saturated carbocycles. The van der Waals surface area contributed by atoms with Crippen LogP contribution in [0.25, 0.3) is 0 Å². The number of hydrogen-bond acceptors (Lipinski definition) is 7. The summed E-state index contributed by atoms with van der Waals surface area (Å²) < 4.78 is 6.84. The Balaban J connectivity index is 2.13. The molecule has 0 bridgehead atoms. The summed E-state index contributed by atoms with van der Waals surface area (Å²) in [6, 6.07) is 1.47. The zero-order valence-electron chi connectivity index (χ0n) is 8.94. The van der Waals surface area contributed by atoms with E-state index in [1.54, 1.807) is 0 Å². The van der Waals surface area contributed by atoms with E-state index in [4.69, 9.17) is 15.5 Å². The quantitative estimate of drug-likeness (QED) is 0.464. The van der Waals surface area contributed by atoms with Crippen LogP contribution in [0.5, 0.6) is 0 Å². The molecule has 8 heteroatoms. The van der Waals surface area contributed by atoms with Crippen molar-refractivity contribution in [1.82, 2.24) is 9.55 Å². The molecule has 2 N–H and O–H groups in total. The molecule has 0 spiro atoms. The molecule has 1 aromatic heterocycles. The summed E-state index contributed by atoms with van der Waals surface area (Å²) in [6.07, 6.45) is 2.21. The number of nitrogens with one attached hydrogen (secondary N) is 1. The van der Waals surface area contributed by atoms with Gasteiger partial charge in [0.05, 0.1) is 6.10 Å². The van der Waals surface area contributed by atoms with Crippen LogP contribution in [0.15, 0.2) is 22.2 Å². The van der Waals surface area contributed by atoms with Gasteiger partial charge in [0.15, 0.2) is 5.82 Å². The van der Waals surface area contributed by atoms with Gasteiger partial charge >= 0.3 is 5.69 Å². The van der Waals surface area contributed by atoms with Crippen molar-refractivity contribution >= 4 is 5.82 Å². The van der Waals surface area contributed by atoms with Crippen molar-refractivity contribution in [2.24, 2.45) is 5.11 Å². The Bertz CT molecular complexity index is 461. The normalized spacial score (nSPS) is 23.8. The average molecular weight is 240 g/mol. The van der Waals surface area contributed by atoms with Crippen LogP contribution >= 0.6 is 0 Å². The number of rotatable bonds is 4. The highest BCUT2D eigenvalue weighted by Crippen LogP contribution is 2.27. The van der Waals surface area contributed by atoms with E-state index in [0.717, 1.165) is 0 Å². The average Bonchev–Trinajstić information content (AvgIpc) is 2.78. The predicted molar refractivity (Wildman–Crippen MR) is 55.0 cm³/mol. The van der Waals surface area contributed by atoms with Gasteiger partial charge in [-0.1, -0.05) is 0 Å². The van der Waals surface area contributed by atoms with Gasteiger partial charge in [0.2, 0.25) is 0 Å². The third kappa shape index (κ3) is 2.54. The summed E-state index contributed by atoms with van der Waals surface area (Å²) >= 11 is 0. The van der Waals surface area contributed by atoms with Gasteiger partial charge in [0, 0.05) is 12.3 Å². The van der Waals surface area contributed by atoms with Crippen LogP contribution < -0.4 is 5.69 Å². The molecule has 2 rings (SSSR count). The number of hydrogen-bond donors (Lipinski definition) is 2. The van der Waals surface area contributed by atoms with Gasteiger partial charge in [-0.2, -0.15) is 4.98 Å². The first-order chi connectivity index (χ1) is 8.24. The summed E-state index contributed by atoms with van der Waals surface area (Å²) in [6.45, 7) is 0.0822. The molecule has 0 amide bonds. The second-order valence-electron chi connectivity index (χ2n) is 3.67. The van der Waals surface area contributed by atoms with Crippen molar-refractivity contribution in [3.05, 3.63) is 22.7 Å². The van der Waals surface area contributed by atoms with Gasteiger partial charge in [-0.3, -0.25) is 9.82 Å². The van der Waals surface area contributed by atoms with E-state index in [1.807, 2.05) is 0 Å². The lowest BCUT2D eigenvalue weighted by atomic mass is 10.2. The monoisotopic (exact) mass is 240 g/mol. The molecule has 92 valence electrons. The zero-order chi connectivity index (χ0) is 12.3. The molecule has 2 atom stereocenters.